The number of para-hydroxylation sites is 1. The summed E-state index contributed by atoms with van der Waals surface area (Å²) in [6, 6.07) is 16.4. The minimum absolute atomic E-state index is 0.270. The first kappa shape index (κ1) is 18.4. The van der Waals surface area contributed by atoms with Crippen LogP contribution in [-0.2, 0) is 6.54 Å². The molecule has 2 aliphatic rings. The zero-order valence-corrected chi connectivity index (χ0v) is 16.6. The van der Waals surface area contributed by atoms with Crippen molar-refractivity contribution in [1.82, 2.24) is 9.97 Å². The zero-order chi connectivity index (χ0) is 20.3. The van der Waals surface area contributed by atoms with Gasteiger partial charge in [-0.25, -0.2) is 9.97 Å². The van der Waals surface area contributed by atoms with Crippen molar-refractivity contribution in [2.45, 2.75) is 6.54 Å². The van der Waals surface area contributed by atoms with Crippen LogP contribution in [0, 0.1) is 0 Å². The van der Waals surface area contributed by atoms with E-state index in [0.29, 0.717) is 18.1 Å². The van der Waals surface area contributed by atoms with E-state index in [1.165, 1.54) is 5.69 Å². The van der Waals surface area contributed by atoms with E-state index in [4.69, 9.17) is 15.2 Å². The maximum absolute atomic E-state index is 6.43. The molecule has 0 spiro atoms. The Morgan fingerprint density at radius 3 is 2.50 bits per heavy atom. The minimum atomic E-state index is 0.270. The van der Waals surface area contributed by atoms with Crippen LogP contribution in [-0.4, -0.2) is 42.9 Å². The van der Waals surface area contributed by atoms with Gasteiger partial charge in [-0.2, -0.15) is 0 Å². The van der Waals surface area contributed by atoms with Crippen LogP contribution >= 0.6 is 0 Å². The molecule has 5 rings (SSSR count). The van der Waals surface area contributed by atoms with Gasteiger partial charge < -0.3 is 30.3 Å². The largest absolute Gasteiger partial charge is 0.454 e. The van der Waals surface area contributed by atoms with E-state index in [1.54, 1.807) is 6.33 Å². The zero-order valence-electron chi connectivity index (χ0n) is 16.6. The quantitative estimate of drug-likeness (QED) is 0.671. The molecule has 0 amide bonds. The lowest BCUT2D eigenvalue weighted by molar-refractivity contribution is 0.174. The van der Waals surface area contributed by atoms with Crippen LogP contribution in [0.3, 0.4) is 0 Å². The van der Waals surface area contributed by atoms with Gasteiger partial charge in [0.05, 0.1) is 0 Å². The Morgan fingerprint density at radius 2 is 1.67 bits per heavy atom. The van der Waals surface area contributed by atoms with Gasteiger partial charge in [0.15, 0.2) is 23.1 Å². The van der Waals surface area contributed by atoms with Crippen molar-refractivity contribution in [2.24, 2.45) is 0 Å². The van der Waals surface area contributed by atoms with E-state index in [0.717, 1.165) is 49.1 Å². The summed E-state index contributed by atoms with van der Waals surface area (Å²) in [6.07, 6.45) is 1.57. The topological polar surface area (TPSA) is 88.8 Å². The third kappa shape index (κ3) is 3.63. The Hall–Kier alpha value is -3.68. The number of ether oxygens (including phenoxy) is 2. The molecule has 0 unspecified atom stereocenters. The third-order valence-corrected chi connectivity index (χ3v) is 5.46. The predicted molar refractivity (Wildman–Crippen MR) is 117 cm³/mol. The Labute approximate surface area is 175 Å². The Balaban J connectivity index is 1.25. The highest BCUT2D eigenvalue weighted by Gasteiger charge is 2.21. The summed E-state index contributed by atoms with van der Waals surface area (Å²) in [4.78, 5) is 13.4. The lowest BCUT2D eigenvalue weighted by Crippen LogP contribution is -2.47. The van der Waals surface area contributed by atoms with E-state index >= 15 is 0 Å². The molecule has 1 fully saturated rings. The summed E-state index contributed by atoms with van der Waals surface area (Å²) in [5.74, 6) is 2.97. The van der Waals surface area contributed by atoms with E-state index in [1.807, 2.05) is 24.3 Å². The summed E-state index contributed by atoms with van der Waals surface area (Å²) in [5, 5.41) is 3.32. The molecule has 0 radical (unpaired) electrons. The SMILES string of the molecule is Nc1c(NCc2ccc3c(c2)OCO3)ncnc1N1CCN(c2ccccc2)CC1. The first-order valence-electron chi connectivity index (χ1n) is 10.1. The van der Waals surface area contributed by atoms with Crippen molar-refractivity contribution in [2.75, 3.05) is 53.8 Å². The number of fused-ring (bicyclic) bond motifs is 1. The summed E-state index contributed by atoms with van der Waals surface area (Å²) < 4.78 is 10.8. The fourth-order valence-corrected chi connectivity index (χ4v) is 3.83. The number of nitrogens with two attached hydrogens (primary N) is 1. The third-order valence-electron chi connectivity index (χ3n) is 5.46. The maximum atomic E-state index is 6.43. The van der Waals surface area contributed by atoms with E-state index in [9.17, 15) is 0 Å². The second kappa shape index (κ2) is 7.98. The standard InChI is InChI=1S/C22H24N6O2/c23-20-21(24-13-16-6-7-18-19(12-16)30-15-29-18)25-14-26-22(20)28-10-8-27(9-11-28)17-4-2-1-3-5-17/h1-7,12,14H,8-11,13,15,23H2,(H,24,25,26). The molecule has 2 aliphatic heterocycles. The molecule has 3 N–H and O–H groups in total. The molecule has 0 bridgehead atoms. The van der Waals surface area contributed by atoms with Gasteiger partial charge in [0.25, 0.3) is 0 Å². The van der Waals surface area contributed by atoms with Gasteiger partial charge in [0.1, 0.15) is 12.0 Å². The van der Waals surface area contributed by atoms with Crippen molar-refractivity contribution in [3.8, 4) is 11.5 Å². The maximum Gasteiger partial charge on any atom is 0.231 e. The number of piperazine rings is 1. The fourth-order valence-electron chi connectivity index (χ4n) is 3.83. The van der Waals surface area contributed by atoms with Gasteiger partial charge in [-0.15, -0.1) is 0 Å². The molecule has 0 saturated carbocycles. The second-order valence-electron chi connectivity index (χ2n) is 7.31. The van der Waals surface area contributed by atoms with Gasteiger partial charge in [-0.1, -0.05) is 24.3 Å². The van der Waals surface area contributed by atoms with Crippen LogP contribution in [0.4, 0.5) is 23.0 Å². The number of benzene rings is 2. The minimum Gasteiger partial charge on any atom is -0.454 e. The molecule has 3 heterocycles. The summed E-state index contributed by atoms with van der Waals surface area (Å²) in [7, 11) is 0. The van der Waals surface area contributed by atoms with Crippen molar-refractivity contribution in [3.63, 3.8) is 0 Å². The van der Waals surface area contributed by atoms with E-state index in [2.05, 4.69) is 49.4 Å². The number of hydrogen-bond donors (Lipinski definition) is 2. The normalized spacial score (nSPS) is 15.3. The van der Waals surface area contributed by atoms with Gasteiger partial charge in [0, 0.05) is 38.4 Å². The van der Waals surface area contributed by atoms with Crippen molar-refractivity contribution < 1.29 is 9.47 Å². The van der Waals surface area contributed by atoms with Crippen molar-refractivity contribution in [1.29, 1.82) is 0 Å². The summed E-state index contributed by atoms with van der Waals surface area (Å²) in [5.41, 5.74) is 9.32. The molecule has 3 aromatic rings. The van der Waals surface area contributed by atoms with Crippen molar-refractivity contribution >= 4 is 23.0 Å². The molecule has 154 valence electrons. The van der Waals surface area contributed by atoms with Gasteiger partial charge in [-0.05, 0) is 29.8 Å². The van der Waals surface area contributed by atoms with Crippen LogP contribution in [0.5, 0.6) is 11.5 Å². The lowest BCUT2D eigenvalue weighted by Gasteiger charge is -2.37. The average Bonchev–Trinajstić information content (AvgIpc) is 3.27. The summed E-state index contributed by atoms with van der Waals surface area (Å²) in [6.45, 7) is 4.42. The molecular formula is C22H24N6O2. The molecule has 8 nitrogen and oxygen atoms in total. The molecule has 0 aliphatic carbocycles. The number of nitrogen functional groups attached to an aromatic ring is 1. The number of rotatable bonds is 5. The molecule has 0 atom stereocenters. The Morgan fingerprint density at radius 1 is 0.900 bits per heavy atom. The predicted octanol–water partition coefficient (Wildman–Crippen LogP) is 2.73. The fraction of sp³-hybridized carbons (Fsp3) is 0.273. The number of anilines is 4. The number of hydrogen-bond acceptors (Lipinski definition) is 8. The monoisotopic (exact) mass is 404 g/mol. The smallest absolute Gasteiger partial charge is 0.231 e. The Kier molecular flexibility index (Phi) is 4.88. The van der Waals surface area contributed by atoms with Crippen LogP contribution in [0.15, 0.2) is 54.9 Å². The van der Waals surface area contributed by atoms with Gasteiger partial charge >= 0.3 is 0 Å². The van der Waals surface area contributed by atoms with E-state index in [-0.39, 0.29) is 6.79 Å². The molecule has 2 aromatic carbocycles. The van der Waals surface area contributed by atoms with Gasteiger partial charge in [0.2, 0.25) is 6.79 Å². The molecule has 8 heteroatoms. The molecular weight excluding hydrogens is 380 g/mol. The molecule has 1 aromatic heterocycles. The number of aromatic nitrogens is 2. The van der Waals surface area contributed by atoms with Crippen LogP contribution in [0.25, 0.3) is 0 Å². The molecule has 30 heavy (non-hydrogen) atoms. The number of nitrogens with zero attached hydrogens (tertiary/aromatic N) is 4. The second-order valence-corrected chi connectivity index (χ2v) is 7.31. The molecule has 1 saturated heterocycles. The highest BCUT2D eigenvalue weighted by molar-refractivity contribution is 5.75. The first-order valence-corrected chi connectivity index (χ1v) is 10.1. The van der Waals surface area contributed by atoms with E-state index < -0.39 is 0 Å². The summed E-state index contributed by atoms with van der Waals surface area (Å²) >= 11 is 0. The number of nitrogens with one attached hydrogen (secondary N) is 1. The lowest BCUT2D eigenvalue weighted by atomic mass is 10.2. The van der Waals surface area contributed by atoms with Crippen LogP contribution < -0.4 is 30.3 Å². The highest BCUT2D eigenvalue weighted by Crippen LogP contribution is 2.33. The van der Waals surface area contributed by atoms with Crippen molar-refractivity contribution in [3.05, 3.63) is 60.4 Å². The Bertz CT molecular complexity index is 1020. The average molecular weight is 404 g/mol. The first-order chi connectivity index (χ1) is 14.8. The van der Waals surface area contributed by atoms with Gasteiger partial charge in [-0.3, -0.25) is 0 Å². The van der Waals surface area contributed by atoms with Crippen LogP contribution in [0.1, 0.15) is 5.56 Å². The van der Waals surface area contributed by atoms with Crippen LogP contribution in [0.2, 0.25) is 0 Å². The highest BCUT2D eigenvalue weighted by atomic mass is 16.7.